The van der Waals surface area contributed by atoms with E-state index in [1.54, 1.807) is 6.92 Å². The third kappa shape index (κ3) is 3.99. The highest BCUT2D eigenvalue weighted by Gasteiger charge is 2.33. The van der Waals surface area contributed by atoms with Crippen molar-refractivity contribution < 1.29 is 18.0 Å². The molecule has 0 aliphatic rings. The highest BCUT2D eigenvalue weighted by molar-refractivity contribution is 5.77. The van der Waals surface area contributed by atoms with Crippen molar-refractivity contribution in [1.82, 2.24) is 19.0 Å². The van der Waals surface area contributed by atoms with Gasteiger partial charge in [-0.15, -0.1) is 0 Å². The Hall–Kier alpha value is -3.16. The molecule has 2 heterocycles. The molecule has 8 nitrogen and oxygen atoms in total. The number of aromatic nitrogens is 3. The zero-order valence-corrected chi connectivity index (χ0v) is 14.6. The Morgan fingerprint density at radius 3 is 2.56 bits per heavy atom. The van der Waals surface area contributed by atoms with Gasteiger partial charge >= 0.3 is 11.9 Å². The van der Waals surface area contributed by atoms with Gasteiger partial charge < -0.3 is 4.90 Å². The highest BCUT2D eigenvalue weighted by Crippen LogP contribution is 2.28. The SMILES string of the molecule is CCN(CCC#N)C(=O)Cn1c(=O)c2ccc(C(F)(F)F)nc2n(C)c1=O. The number of fused-ring (bicyclic) bond motifs is 1. The smallest absolute Gasteiger partial charge is 0.340 e. The van der Waals surface area contributed by atoms with Crippen LogP contribution in [-0.4, -0.2) is 38.0 Å². The van der Waals surface area contributed by atoms with E-state index in [0.29, 0.717) is 10.6 Å². The van der Waals surface area contributed by atoms with E-state index < -0.39 is 41.2 Å². The van der Waals surface area contributed by atoms with Crippen LogP contribution in [0.2, 0.25) is 0 Å². The molecule has 0 aliphatic heterocycles. The minimum Gasteiger partial charge on any atom is -0.340 e. The Labute approximate surface area is 151 Å². The van der Waals surface area contributed by atoms with Gasteiger partial charge in [0.1, 0.15) is 17.9 Å². The minimum atomic E-state index is -4.72. The fraction of sp³-hybridized carbons (Fsp3) is 0.438. The van der Waals surface area contributed by atoms with Crippen LogP contribution in [0, 0.1) is 11.3 Å². The molecule has 0 saturated carbocycles. The van der Waals surface area contributed by atoms with Crippen molar-refractivity contribution in [2.75, 3.05) is 13.1 Å². The van der Waals surface area contributed by atoms with Crippen molar-refractivity contribution in [1.29, 1.82) is 5.26 Å². The third-order valence-electron chi connectivity index (χ3n) is 4.00. The second-order valence-corrected chi connectivity index (χ2v) is 5.68. The van der Waals surface area contributed by atoms with Crippen LogP contribution in [0.15, 0.2) is 21.7 Å². The zero-order valence-electron chi connectivity index (χ0n) is 14.6. The Morgan fingerprint density at radius 1 is 1.33 bits per heavy atom. The van der Waals surface area contributed by atoms with Crippen molar-refractivity contribution in [3.05, 3.63) is 38.7 Å². The number of likely N-dealkylation sites (N-methyl/N-ethyl adjacent to an activating group) is 1. The fourth-order valence-electron chi connectivity index (χ4n) is 2.55. The average molecular weight is 383 g/mol. The molecule has 0 aromatic carbocycles. The number of hydrogen-bond donors (Lipinski definition) is 0. The number of amides is 1. The van der Waals surface area contributed by atoms with E-state index in [1.807, 2.05) is 6.07 Å². The number of nitriles is 1. The standard InChI is InChI=1S/C16H16F3N5O3/c1-3-23(8-4-7-20)12(25)9-24-14(26)10-5-6-11(16(17,18)19)21-13(10)22(2)15(24)27/h5-6H,3-4,8-9H2,1-2H3. The number of nitrogens with zero attached hydrogens (tertiary/aromatic N) is 5. The van der Waals surface area contributed by atoms with Crippen LogP contribution in [0.4, 0.5) is 13.2 Å². The largest absolute Gasteiger partial charge is 0.433 e. The Kier molecular flexibility index (Phi) is 5.68. The number of carbonyl (C=O) groups is 1. The molecule has 0 spiro atoms. The lowest BCUT2D eigenvalue weighted by molar-refractivity contribution is -0.141. The van der Waals surface area contributed by atoms with Crippen LogP contribution in [0.5, 0.6) is 0 Å². The Balaban J connectivity index is 2.54. The molecule has 2 rings (SSSR count). The van der Waals surface area contributed by atoms with E-state index >= 15 is 0 Å². The molecule has 2 aromatic heterocycles. The average Bonchev–Trinajstić information content (AvgIpc) is 2.62. The van der Waals surface area contributed by atoms with Crippen molar-refractivity contribution in [3.63, 3.8) is 0 Å². The van der Waals surface area contributed by atoms with Crippen LogP contribution >= 0.6 is 0 Å². The van der Waals surface area contributed by atoms with E-state index in [1.165, 1.54) is 11.9 Å². The van der Waals surface area contributed by atoms with Crippen molar-refractivity contribution in [2.45, 2.75) is 26.1 Å². The maximum atomic E-state index is 12.8. The molecule has 0 N–H and O–H groups in total. The molecule has 2 aromatic rings. The van der Waals surface area contributed by atoms with Gasteiger partial charge in [0.2, 0.25) is 5.91 Å². The van der Waals surface area contributed by atoms with Gasteiger partial charge in [0.25, 0.3) is 5.56 Å². The first-order valence-corrected chi connectivity index (χ1v) is 7.94. The Morgan fingerprint density at radius 2 is 2.00 bits per heavy atom. The van der Waals surface area contributed by atoms with E-state index in [9.17, 15) is 27.6 Å². The summed E-state index contributed by atoms with van der Waals surface area (Å²) in [5, 5.41) is 8.41. The molecule has 0 aliphatic carbocycles. The van der Waals surface area contributed by atoms with Gasteiger partial charge in [-0.1, -0.05) is 0 Å². The monoisotopic (exact) mass is 383 g/mol. The van der Waals surface area contributed by atoms with E-state index in [4.69, 9.17) is 5.26 Å². The predicted octanol–water partition coefficient (Wildman–Crippen LogP) is 0.876. The summed E-state index contributed by atoms with van der Waals surface area (Å²) in [7, 11) is 1.17. The first kappa shape index (κ1) is 20.2. The number of alkyl halides is 3. The number of carbonyl (C=O) groups excluding carboxylic acids is 1. The van der Waals surface area contributed by atoms with Gasteiger partial charge in [-0.05, 0) is 19.1 Å². The number of halogens is 3. The highest BCUT2D eigenvalue weighted by atomic mass is 19.4. The number of hydrogen-bond acceptors (Lipinski definition) is 5. The molecule has 0 atom stereocenters. The van der Waals surface area contributed by atoms with Gasteiger partial charge in [-0.2, -0.15) is 18.4 Å². The Bertz CT molecular complexity index is 1030. The van der Waals surface area contributed by atoms with Gasteiger partial charge in [-0.3, -0.25) is 18.7 Å². The van der Waals surface area contributed by atoms with Crippen LogP contribution in [0.3, 0.4) is 0 Å². The quantitative estimate of drug-likeness (QED) is 0.763. The number of aryl methyl sites for hydroxylation is 1. The summed E-state index contributed by atoms with van der Waals surface area (Å²) < 4.78 is 39.9. The summed E-state index contributed by atoms with van der Waals surface area (Å²) in [5.74, 6) is -0.550. The summed E-state index contributed by atoms with van der Waals surface area (Å²) in [6.07, 6.45) is -4.63. The fourth-order valence-corrected chi connectivity index (χ4v) is 2.55. The van der Waals surface area contributed by atoms with Crippen LogP contribution in [0.1, 0.15) is 19.0 Å². The summed E-state index contributed by atoms with van der Waals surface area (Å²) in [6.45, 7) is 1.52. The second kappa shape index (κ2) is 7.61. The first-order valence-electron chi connectivity index (χ1n) is 7.94. The molecule has 0 bridgehead atoms. The lowest BCUT2D eigenvalue weighted by atomic mass is 10.2. The first-order chi connectivity index (χ1) is 12.6. The van der Waals surface area contributed by atoms with Gasteiger partial charge in [0, 0.05) is 20.1 Å². The van der Waals surface area contributed by atoms with E-state index in [0.717, 1.165) is 10.6 Å². The minimum absolute atomic E-state index is 0.0916. The molecule has 0 radical (unpaired) electrons. The van der Waals surface area contributed by atoms with Crippen LogP contribution < -0.4 is 11.2 Å². The van der Waals surface area contributed by atoms with E-state index in [-0.39, 0.29) is 24.9 Å². The maximum absolute atomic E-state index is 12.8. The zero-order chi connectivity index (χ0) is 20.4. The molecule has 11 heteroatoms. The van der Waals surface area contributed by atoms with Crippen molar-refractivity contribution in [2.24, 2.45) is 7.05 Å². The second-order valence-electron chi connectivity index (χ2n) is 5.68. The summed E-state index contributed by atoms with van der Waals surface area (Å²) in [5.41, 5.74) is -3.50. The molecule has 1 amide bonds. The normalized spacial score (nSPS) is 11.4. The molecule has 0 fully saturated rings. The van der Waals surface area contributed by atoms with Crippen LogP contribution in [-0.2, 0) is 24.6 Å². The maximum Gasteiger partial charge on any atom is 0.433 e. The van der Waals surface area contributed by atoms with Gasteiger partial charge in [-0.25, -0.2) is 9.78 Å². The molecule has 0 saturated heterocycles. The molecule has 0 unspecified atom stereocenters. The molecular formula is C16H16F3N5O3. The number of pyridine rings is 1. The predicted molar refractivity (Wildman–Crippen MR) is 88.7 cm³/mol. The van der Waals surface area contributed by atoms with Gasteiger partial charge in [0.05, 0.1) is 17.9 Å². The molecule has 144 valence electrons. The van der Waals surface area contributed by atoms with Crippen LogP contribution in [0.25, 0.3) is 11.0 Å². The lowest BCUT2D eigenvalue weighted by Gasteiger charge is -2.20. The summed E-state index contributed by atoms with van der Waals surface area (Å²) >= 11 is 0. The number of rotatable bonds is 5. The van der Waals surface area contributed by atoms with Crippen molar-refractivity contribution >= 4 is 16.9 Å². The third-order valence-corrected chi connectivity index (χ3v) is 4.00. The van der Waals surface area contributed by atoms with Gasteiger partial charge in [0.15, 0.2) is 0 Å². The van der Waals surface area contributed by atoms with E-state index in [2.05, 4.69) is 4.98 Å². The summed E-state index contributed by atoms with van der Waals surface area (Å²) in [6, 6.07) is 3.47. The summed E-state index contributed by atoms with van der Waals surface area (Å²) in [4.78, 5) is 41.9. The van der Waals surface area contributed by atoms with Crippen molar-refractivity contribution in [3.8, 4) is 6.07 Å². The molecular weight excluding hydrogens is 367 g/mol. The lowest BCUT2D eigenvalue weighted by Crippen LogP contribution is -2.44. The topological polar surface area (TPSA) is 101 Å². The molecule has 27 heavy (non-hydrogen) atoms.